The first kappa shape index (κ1) is 19.1. The first-order chi connectivity index (χ1) is 13.7. The SMILES string of the molecule is CCOc1ccccc1N1CCN(C(=O)[C@H]2CC(=O)N(C3CCCC3)C2)CC1. The van der Waals surface area contributed by atoms with Crippen molar-refractivity contribution >= 4 is 17.5 Å². The molecule has 2 amide bonds. The number of likely N-dealkylation sites (tertiary alicyclic amines) is 1. The van der Waals surface area contributed by atoms with Crippen molar-refractivity contribution in [1.82, 2.24) is 9.80 Å². The van der Waals surface area contributed by atoms with E-state index in [9.17, 15) is 9.59 Å². The topological polar surface area (TPSA) is 53.1 Å². The predicted octanol–water partition coefficient (Wildman–Crippen LogP) is 2.53. The normalized spacial score (nSPS) is 23.5. The van der Waals surface area contributed by atoms with Gasteiger partial charge in [-0.1, -0.05) is 25.0 Å². The number of hydrogen-bond acceptors (Lipinski definition) is 4. The minimum absolute atomic E-state index is 0.157. The van der Waals surface area contributed by atoms with Gasteiger partial charge in [0.1, 0.15) is 5.75 Å². The second-order valence-corrected chi connectivity index (χ2v) is 8.10. The Labute approximate surface area is 167 Å². The Hall–Kier alpha value is -2.24. The minimum atomic E-state index is -0.157. The third-order valence-electron chi connectivity index (χ3n) is 6.37. The molecule has 6 nitrogen and oxygen atoms in total. The molecule has 2 saturated heterocycles. The van der Waals surface area contributed by atoms with E-state index in [1.807, 2.05) is 34.9 Å². The number of para-hydroxylation sites is 2. The van der Waals surface area contributed by atoms with Crippen molar-refractivity contribution < 1.29 is 14.3 Å². The fourth-order valence-electron chi connectivity index (χ4n) is 4.89. The van der Waals surface area contributed by atoms with Crippen LogP contribution in [0, 0.1) is 5.92 Å². The Morgan fingerprint density at radius 1 is 1.11 bits per heavy atom. The third kappa shape index (κ3) is 3.82. The van der Waals surface area contributed by atoms with E-state index in [1.165, 1.54) is 12.8 Å². The molecule has 28 heavy (non-hydrogen) atoms. The molecule has 0 bridgehead atoms. The molecule has 4 rings (SSSR count). The highest BCUT2D eigenvalue weighted by Crippen LogP contribution is 2.31. The van der Waals surface area contributed by atoms with Gasteiger partial charge in [-0.05, 0) is 31.9 Å². The lowest BCUT2D eigenvalue weighted by molar-refractivity contribution is -0.136. The Kier molecular flexibility index (Phi) is 5.74. The lowest BCUT2D eigenvalue weighted by Crippen LogP contribution is -2.51. The molecule has 2 aliphatic heterocycles. The van der Waals surface area contributed by atoms with Crippen LogP contribution in [0.4, 0.5) is 5.69 Å². The Morgan fingerprint density at radius 3 is 2.54 bits per heavy atom. The van der Waals surface area contributed by atoms with Gasteiger partial charge in [0.2, 0.25) is 11.8 Å². The number of carbonyl (C=O) groups is 2. The van der Waals surface area contributed by atoms with Crippen LogP contribution in [0.5, 0.6) is 5.75 Å². The van der Waals surface area contributed by atoms with Crippen molar-refractivity contribution in [2.75, 3.05) is 44.2 Å². The highest BCUT2D eigenvalue weighted by molar-refractivity contribution is 5.89. The summed E-state index contributed by atoms with van der Waals surface area (Å²) < 4.78 is 5.75. The number of rotatable bonds is 5. The summed E-state index contributed by atoms with van der Waals surface area (Å²) in [5.74, 6) is 1.08. The van der Waals surface area contributed by atoms with Gasteiger partial charge >= 0.3 is 0 Å². The quantitative estimate of drug-likeness (QED) is 0.782. The van der Waals surface area contributed by atoms with E-state index >= 15 is 0 Å². The van der Waals surface area contributed by atoms with Gasteiger partial charge in [0, 0.05) is 45.2 Å². The van der Waals surface area contributed by atoms with Gasteiger partial charge in [-0.15, -0.1) is 0 Å². The van der Waals surface area contributed by atoms with Crippen LogP contribution >= 0.6 is 0 Å². The first-order valence-electron chi connectivity index (χ1n) is 10.7. The highest BCUT2D eigenvalue weighted by atomic mass is 16.5. The van der Waals surface area contributed by atoms with Crippen LogP contribution in [-0.2, 0) is 9.59 Å². The van der Waals surface area contributed by atoms with Gasteiger partial charge in [-0.25, -0.2) is 0 Å². The number of benzene rings is 1. The lowest BCUT2D eigenvalue weighted by Gasteiger charge is -2.37. The molecule has 1 aromatic rings. The van der Waals surface area contributed by atoms with Crippen LogP contribution in [0.3, 0.4) is 0 Å². The van der Waals surface area contributed by atoms with Crippen molar-refractivity contribution in [2.24, 2.45) is 5.92 Å². The zero-order valence-electron chi connectivity index (χ0n) is 16.8. The predicted molar refractivity (Wildman–Crippen MR) is 108 cm³/mol. The van der Waals surface area contributed by atoms with Gasteiger partial charge < -0.3 is 19.4 Å². The molecule has 6 heteroatoms. The van der Waals surface area contributed by atoms with Gasteiger partial charge in [0.15, 0.2) is 0 Å². The van der Waals surface area contributed by atoms with Gasteiger partial charge in [0.25, 0.3) is 0 Å². The monoisotopic (exact) mass is 385 g/mol. The summed E-state index contributed by atoms with van der Waals surface area (Å²) in [5.41, 5.74) is 1.10. The van der Waals surface area contributed by atoms with Gasteiger partial charge in [-0.3, -0.25) is 9.59 Å². The Morgan fingerprint density at radius 2 is 1.82 bits per heavy atom. The summed E-state index contributed by atoms with van der Waals surface area (Å²) >= 11 is 0. The first-order valence-corrected chi connectivity index (χ1v) is 10.7. The van der Waals surface area contributed by atoms with Crippen molar-refractivity contribution in [2.45, 2.75) is 45.1 Å². The molecule has 0 unspecified atom stereocenters. The summed E-state index contributed by atoms with van der Waals surface area (Å²) in [6.45, 7) is 6.25. The summed E-state index contributed by atoms with van der Waals surface area (Å²) in [6.07, 6.45) is 5.01. The fourth-order valence-corrected chi connectivity index (χ4v) is 4.89. The van der Waals surface area contributed by atoms with E-state index in [0.717, 1.165) is 37.4 Å². The molecule has 152 valence electrons. The van der Waals surface area contributed by atoms with Gasteiger partial charge in [0.05, 0.1) is 18.2 Å². The number of hydrogen-bond donors (Lipinski definition) is 0. The van der Waals surface area contributed by atoms with Crippen LogP contribution < -0.4 is 9.64 Å². The molecule has 1 aliphatic carbocycles. The van der Waals surface area contributed by atoms with Crippen LogP contribution in [0.25, 0.3) is 0 Å². The fraction of sp³-hybridized carbons (Fsp3) is 0.636. The third-order valence-corrected chi connectivity index (χ3v) is 6.37. The van der Waals surface area contributed by atoms with Crippen molar-refractivity contribution in [3.63, 3.8) is 0 Å². The zero-order chi connectivity index (χ0) is 19.5. The van der Waals surface area contributed by atoms with Gasteiger partial charge in [-0.2, -0.15) is 0 Å². The Bertz CT molecular complexity index is 709. The molecule has 0 aromatic heterocycles. The molecular formula is C22H31N3O3. The molecule has 2 heterocycles. The molecule has 3 aliphatic rings. The standard InChI is InChI=1S/C22H31N3O3/c1-2-28-20-10-6-5-9-19(20)23-11-13-24(14-12-23)22(27)17-15-21(26)25(16-17)18-7-3-4-8-18/h5-6,9-10,17-18H,2-4,7-8,11-16H2,1H3/t17-/m0/s1. The van der Waals surface area contributed by atoms with E-state index < -0.39 is 0 Å². The maximum absolute atomic E-state index is 13.0. The van der Waals surface area contributed by atoms with E-state index in [0.29, 0.717) is 38.7 Å². The molecular weight excluding hydrogens is 354 g/mol. The van der Waals surface area contributed by atoms with Crippen LogP contribution in [-0.4, -0.2) is 67.0 Å². The number of nitrogens with zero attached hydrogens (tertiary/aromatic N) is 3. The number of carbonyl (C=O) groups excluding carboxylic acids is 2. The Balaban J connectivity index is 1.34. The van der Waals surface area contributed by atoms with E-state index in [1.54, 1.807) is 0 Å². The maximum Gasteiger partial charge on any atom is 0.228 e. The number of piperazine rings is 1. The number of anilines is 1. The molecule has 0 N–H and O–H groups in total. The number of amides is 2. The average Bonchev–Trinajstić information content (AvgIpc) is 3.38. The second-order valence-electron chi connectivity index (χ2n) is 8.10. The van der Waals surface area contributed by atoms with Crippen molar-refractivity contribution in [1.29, 1.82) is 0 Å². The van der Waals surface area contributed by atoms with Crippen molar-refractivity contribution in [3.8, 4) is 5.75 Å². The smallest absolute Gasteiger partial charge is 0.228 e. The van der Waals surface area contributed by atoms with E-state index in [2.05, 4.69) is 11.0 Å². The van der Waals surface area contributed by atoms with Crippen LogP contribution in [0.15, 0.2) is 24.3 Å². The van der Waals surface area contributed by atoms with E-state index in [-0.39, 0.29) is 17.7 Å². The summed E-state index contributed by atoms with van der Waals surface area (Å²) in [5, 5.41) is 0. The maximum atomic E-state index is 13.0. The average molecular weight is 386 g/mol. The zero-order valence-corrected chi connectivity index (χ0v) is 16.8. The molecule has 1 aromatic carbocycles. The minimum Gasteiger partial charge on any atom is -0.492 e. The van der Waals surface area contributed by atoms with Crippen LogP contribution in [0.1, 0.15) is 39.0 Å². The van der Waals surface area contributed by atoms with E-state index in [4.69, 9.17) is 4.74 Å². The second kappa shape index (κ2) is 8.41. The molecule has 1 saturated carbocycles. The molecule has 0 radical (unpaired) electrons. The molecule has 0 spiro atoms. The molecule has 1 atom stereocenters. The van der Waals surface area contributed by atoms with Crippen LogP contribution in [0.2, 0.25) is 0 Å². The largest absolute Gasteiger partial charge is 0.492 e. The van der Waals surface area contributed by atoms with Crippen molar-refractivity contribution in [3.05, 3.63) is 24.3 Å². The summed E-state index contributed by atoms with van der Waals surface area (Å²) in [6, 6.07) is 8.46. The summed E-state index contributed by atoms with van der Waals surface area (Å²) in [7, 11) is 0. The number of ether oxygens (including phenoxy) is 1. The highest BCUT2D eigenvalue weighted by Gasteiger charge is 2.40. The lowest BCUT2D eigenvalue weighted by atomic mass is 10.1. The molecule has 3 fully saturated rings. The summed E-state index contributed by atoms with van der Waals surface area (Å²) in [4.78, 5) is 31.7.